The maximum Gasteiger partial charge on any atom is 2.00 e. The Morgan fingerprint density at radius 2 is 1.00 bits per heavy atom. The summed E-state index contributed by atoms with van der Waals surface area (Å²) < 4.78 is 0. The van der Waals surface area contributed by atoms with Crippen LogP contribution in [-0.4, -0.2) is 33.2 Å². The summed E-state index contributed by atoms with van der Waals surface area (Å²) in [5.41, 5.74) is 0. The average molecular weight is 73.3 g/mol. The van der Waals surface area contributed by atoms with Crippen LogP contribution in [0.5, 0.6) is 0 Å². The predicted molar refractivity (Wildman–Crippen MR) is 13.7 cm³/mol. The van der Waals surface area contributed by atoms with Crippen molar-refractivity contribution in [1.82, 2.24) is 0 Å². The molecule has 0 heterocycles. The third kappa shape index (κ3) is 14.2. The molecule has 0 amide bonds. The fraction of sp³-hybridized carbons (Fsp3) is 0. The van der Waals surface area contributed by atoms with E-state index in [2.05, 4.69) is 0 Å². The molecule has 0 fully saturated rings. The molecule has 0 saturated carbocycles. The van der Waals surface area contributed by atoms with E-state index >= 15 is 0 Å². The van der Waals surface area contributed by atoms with E-state index in [0.29, 0.717) is 0 Å². The van der Waals surface area contributed by atoms with Crippen LogP contribution in [0, 0.1) is 0 Å². The molecule has 0 spiro atoms. The van der Waals surface area contributed by atoms with Crippen molar-refractivity contribution in [2.24, 2.45) is 0 Å². The van der Waals surface area contributed by atoms with Crippen molar-refractivity contribution < 1.29 is 12.3 Å². The Hall–Kier alpha value is 0.795. The van der Waals surface area contributed by atoms with Gasteiger partial charge in [-0.15, -0.1) is 0 Å². The average Bonchev–Trinajstić information content (AvgIpc) is 0. The van der Waals surface area contributed by atoms with Gasteiger partial charge in [0.05, 0.1) is 0 Å². The molecular weight excluding hydrogens is 71.3 g/mol. The maximum atomic E-state index is 0. The topological polar surface area (TPSA) is 0 Å². The number of halogens is 2. The molecule has 4 heteroatoms. The van der Waals surface area contributed by atoms with Gasteiger partial charge in [0.1, 0.15) is 0 Å². The fourth-order valence-electron chi connectivity index (χ4n) is 0. The first-order valence-corrected chi connectivity index (χ1v) is 0. The fourth-order valence-corrected chi connectivity index (χ4v) is 0. The van der Waals surface area contributed by atoms with Crippen molar-refractivity contribution in [3.8, 4) is 0 Å². The van der Waals surface area contributed by atoms with Crippen LogP contribution in [0.15, 0.2) is 0 Å². The van der Waals surface area contributed by atoms with Crippen molar-refractivity contribution in [2.45, 2.75) is 0 Å². The van der Waals surface area contributed by atoms with Crippen molar-refractivity contribution in [3.05, 3.63) is 0 Å². The molecule has 0 bridgehead atoms. The quantitative estimate of drug-likeness (QED) is 0.250. The Bertz CT molecular complexity index is 11.5. The van der Waals surface area contributed by atoms with Crippen molar-refractivity contribution in [3.63, 3.8) is 0 Å². The van der Waals surface area contributed by atoms with Crippen LogP contribution in [0.2, 0.25) is 0 Å². The zero-order valence-electron chi connectivity index (χ0n) is 4.17. The van der Waals surface area contributed by atoms with Crippen LogP contribution in [0.1, 0.15) is 2.85 Å². The molecule has 0 rings (SSSR count). The van der Waals surface area contributed by atoms with E-state index in [1.54, 1.807) is 0 Å². The van der Waals surface area contributed by atoms with Crippen LogP contribution >= 0.6 is 0 Å². The summed E-state index contributed by atoms with van der Waals surface area (Å²) in [5, 5.41) is 0. The molecule has 0 radical (unpaired) electrons. The molecule has 0 aliphatic carbocycles. The van der Waals surface area contributed by atoms with E-state index in [1.807, 2.05) is 0 Å². The van der Waals surface area contributed by atoms with Crippen molar-refractivity contribution >= 4 is 33.2 Å². The third-order valence-corrected chi connectivity index (χ3v) is 0. The Labute approximate surface area is 46.0 Å². The zero-order valence-corrected chi connectivity index (χ0v) is 3.58. The summed E-state index contributed by atoms with van der Waals surface area (Å²) >= 11 is 0. The van der Waals surface area contributed by atoms with Crippen LogP contribution in [0.3, 0.4) is 0 Å². The van der Waals surface area contributed by atoms with Gasteiger partial charge in [-0.3, -0.25) is 0 Å². The van der Waals surface area contributed by atoms with Crippen LogP contribution < -0.4 is 9.41 Å². The van der Waals surface area contributed by atoms with Gasteiger partial charge in [0.25, 0.3) is 0 Å². The Morgan fingerprint density at radius 3 is 1.00 bits per heavy atom. The van der Waals surface area contributed by atoms with Gasteiger partial charge in [-0.1, -0.05) is 0 Å². The number of hydrogen-bond acceptors (Lipinski definition) is 0. The molecular formula is H2BeF2Mg. The van der Waals surface area contributed by atoms with Gasteiger partial charge in [0.15, 0.2) is 0 Å². The minimum atomic E-state index is 0. The van der Waals surface area contributed by atoms with Crippen LogP contribution in [-0.2, 0) is 0 Å². The van der Waals surface area contributed by atoms with Crippen LogP contribution in [0.25, 0.3) is 0 Å². The summed E-state index contributed by atoms with van der Waals surface area (Å²) in [7, 11) is 0. The third-order valence-electron chi connectivity index (χ3n) is 0. The molecule has 4 heavy (non-hydrogen) atoms. The second-order valence-electron chi connectivity index (χ2n) is 0. The summed E-state index contributed by atoms with van der Waals surface area (Å²) in [5.74, 6) is 0. The Kier molecular flexibility index (Phi) is 1280. The molecule has 20 valence electrons. The molecule has 0 nitrogen and oxygen atoms in total. The first-order valence-electron chi connectivity index (χ1n) is 0. The normalized spacial score (nSPS) is 0. The second kappa shape index (κ2) is 46.9. The molecule has 0 aromatic carbocycles. The van der Waals surface area contributed by atoms with E-state index in [1.165, 1.54) is 0 Å². The summed E-state index contributed by atoms with van der Waals surface area (Å²) in [6.07, 6.45) is 0. The molecule has 0 aromatic rings. The van der Waals surface area contributed by atoms with Crippen molar-refractivity contribution in [2.75, 3.05) is 0 Å². The van der Waals surface area contributed by atoms with E-state index in [-0.39, 0.29) is 45.4 Å². The summed E-state index contributed by atoms with van der Waals surface area (Å²) in [4.78, 5) is 0. The van der Waals surface area contributed by atoms with Gasteiger partial charge < -0.3 is 12.3 Å². The zero-order chi connectivity index (χ0) is 0. The van der Waals surface area contributed by atoms with E-state index in [0.717, 1.165) is 0 Å². The van der Waals surface area contributed by atoms with Gasteiger partial charge in [-0.05, 0) is 0 Å². The number of hydrogen-bond donors (Lipinski definition) is 0. The monoisotopic (exact) mass is 73.0 g/mol. The van der Waals surface area contributed by atoms with E-state index < -0.39 is 0 Å². The molecule has 0 aliphatic rings. The summed E-state index contributed by atoms with van der Waals surface area (Å²) in [6, 6.07) is 0. The smallest absolute Gasteiger partial charge is 1.00 e. The van der Waals surface area contributed by atoms with E-state index in [4.69, 9.17) is 0 Å². The predicted octanol–water partition coefficient (Wildman–Crippen LogP) is -6.53. The summed E-state index contributed by atoms with van der Waals surface area (Å²) in [6.45, 7) is 0. The molecule has 0 saturated heterocycles. The standard InChI is InChI=1S/Be.2FH.Mg.2H/h;2*1H;;;/q+2;;;+2;2*-1/p-2. The molecule has 0 aromatic heterocycles. The molecule has 0 N–H and O–H groups in total. The maximum absolute atomic E-state index is 0. The first kappa shape index (κ1) is 109. The number of rotatable bonds is 0. The van der Waals surface area contributed by atoms with Crippen molar-refractivity contribution in [1.29, 1.82) is 0 Å². The Morgan fingerprint density at radius 1 is 1.00 bits per heavy atom. The first-order chi connectivity index (χ1) is 0. The minimum Gasteiger partial charge on any atom is -1.00 e. The van der Waals surface area contributed by atoms with Gasteiger partial charge >= 0.3 is 33.2 Å². The van der Waals surface area contributed by atoms with Gasteiger partial charge in [-0.25, -0.2) is 0 Å². The van der Waals surface area contributed by atoms with Gasteiger partial charge in [0, 0.05) is 0 Å². The SMILES string of the molecule is [Be+2].[F-].[F-].[H-].[H-].[Mg+2]. The largest absolute Gasteiger partial charge is 2.00 e. The van der Waals surface area contributed by atoms with Crippen LogP contribution in [0.4, 0.5) is 0 Å². The molecule has 0 atom stereocenters. The van der Waals surface area contributed by atoms with Gasteiger partial charge in [0.2, 0.25) is 0 Å². The molecule has 0 unspecified atom stereocenters. The van der Waals surface area contributed by atoms with Gasteiger partial charge in [-0.2, -0.15) is 0 Å². The van der Waals surface area contributed by atoms with E-state index in [9.17, 15) is 0 Å². The minimum absolute atomic E-state index is 0. The Balaban J connectivity index is 0. The molecule has 0 aliphatic heterocycles. The second-order valence-corrected chi connectivity index (χ2v) is 0.